The van der Waals surface area contributed by atoms with Crippen LogP contribution in [0.5, 0.6) is 0 Å². The molecule has 4 atom stereocenters. The number of fused-ring (bicyclic) bond motifs is 1. The number of rotatable bonds is 8. The van der Waals surface area contributed by atoms with Crippen LogP contribution in [-0.2, 0) is 36.3 Å². The van der Waals surface area contributed by atoms with Crippen LogP contribution in [0.15, 0.2) is 11.1 Å². The first-order valence-corrected chi connectivity index (χ1v) is 11.8. The second-order valence-electron chi connectivity index (χ2n) is 5.43. The maximum Gasteiger partial charge on any atom is 0.280 e. The molecule has 1 aliphatic rings. The van der Waals surface area contributed by atoms with Gasteiger partial charge in [-0.2, -0.15) is 4.98 Å². The largest absolute Gasteiger partial charge is 0.790 e. The molecule has 2 aromatic heterocycles. The zero-order valence-electron chi connectivity index (χ0n) is 14.2. The third-order valence-corrected chi connectivity index (χ3v) is 6.93. The highest BCUT2D eigenvalue weighted by Gasteiger charge is 2.31. The molecule has 3 N–H and O–H groups in total. The highest BCUT2D eigenvalue weighted by molar-refractivity contribution is 7.64. The molecule has 30 heavy (non-hydrogen) atoms. The molecule has 0 aliphatic carbocycles. The van der Waals surface area contributed by atoms with E-state index in [0.29, 0.717) is 0 Å². The molecule has 2 unspecified atom stereocenters. The van der Waals surface area contributed by atoms with Crippen LogP contribution in [0.25, 0.3) is 11.2 Å². The summed E-state index contributed by atoms with van der Waals surface area (Å²) in [6.07, 6.45) is -1.11. The van der Waals surface area contributed by atoms with E-state index in [2.05, 4.69) is 28.1 Å². The number of anilines is 1. The first-order chi connectivity index (χ1) is 13.7. The van der Waals surface area contributed by atoms with Crippen LogP contribution in [0.4, 0.5) is 5.95 Å². The molecule has 0 aromatic carbocycles. The summed E-state index contributed by atoms with van der Waals surface area (Å²) in [4.78, 5) is 64.9. The van der Waals surface area contributed by atoms with Crippen molar-refractivity contribution in [1.82, 2.24) is 19.5 Å². The number of nitrogens with two attached hydrogens (primary N) is 1. The molecule has 1 saturated heterocycles. The highest BCUT2D eigenvalue weighted by Crippen LogP contribution is 2.60. The predicted octanol–water partition coefficient (Wildman–Crippen LogP) is -3.61. The summed E-state index contributed by atoms with van der Waals surface area (Å²) in [5, 5.41) is 0. The number of aromatic amines is 1. The van der Waals surface area contributed by atoms with Gasteiger partial charge in [0.2, 0.25) is 5.95 Å². The number of hydrogen-bond acceptors (Lipinski definition) is 16. The predicted molar refractivity (Wildman–Crippen MR) is 83.4 cm³/mol. The summed E-state index contributed by atoms with van der Waals surface area (Å²) in [5.41, 5.74) is 4.86. The van der Waals surface area contributed by atoms with Crippen LogP contribution in [-0.4, -0.2) is 39.0 Å². The summed E-state index contributed by atoms with van der Waals surface area (Å²) < 4.78 is 55.3. The SMILES string of the molecule is Nc1nc2c(ncn2[C@H]2CO[C@@H](COP(=O)([O-])OP(=O)([O-])OP(=O)([O-])[O-])O2)c(=O)[nH]1. The first-order valence-electron chi connectivity index (χ1n) is 7.45. The second kappa shape index (κ2) is 8.20. The van der Waals surface area contributed by atoms with Gasteiger partial charge in [0.1, 0.15) is 6.61 Å². The molecule has 1 fully saturated rings. The van der Waals surface area contributed by atoms with Crippen molar-refractivity contribution < 1.29 is 55.9 Å². The summed E-state index contributed by atoms with van der Waals surface area (Å²) >= 11 is 0. The fraction of sp³-hybridized carbons (Fsp3) is 0.444. The molecule has 18 nitrogen and oxygen atoms in total. The Kier molecular flexibility index (Phi) is 6.33. The molecule has 0 saturated carbocycles. The highest BCUT2D eigenvalue weighted by atomic mass is 31.3. The number of imidazole rings is 1. The maximum absolute atomic E-state index is 11.8. The quantitative estimate of drug-likeness (QED) is 0.338. The lowest BCUT2D eigenvalue weighted by molar-refractivity contribution is -0.339. The number of nitrogens with one attached hydrogen (secondary N) is 1. The van der Waals surface area contributed by atoms with E-state index in [1.165, 1.54) is 10.9 Å². The Morgan fingerprint density at radius 2 is 1.93 bits per heavy atom. The zero-order chi connectivity index (χ0) is 22.3. The fourth-order valence-electron chi connectivity index (χ4n) is 2.27. The van der Waals surface area contributed by atoms with Crippen molar-refractivity contribution in [3.8, 4) is 0 Å². The Morgan fingerprint density at radius 1 is 1.23 bits per heavy atom. The van der Waals surface area contributed by atoms with Gasteiger partial charge in [0.25, 0.3) is 21.2 Å². The number of phosphoric acid groups is 3. The topological polar surface area (TPSA) is 279 Å². The van der Waals surface area contributed by atoms with E-state index in [0.717, 1.165) is 0 Å². The van der Waals surface area contributed by atoms with Crippen LogP contribution in [0.3, 0.4) is 0 Å². The van der Waals surface area contributed by atoms with Gasteiger partial charge in [-0.15, -0.1) is 0 Å². The van der Waals surface area contributed by atoms with E-state index in [1.54, 1.807) is 0 Å². The molecule has 0 spiro atoms. The van der Waals surface area contributed by atoms with E-state index >= 15 is 0 Å². The summed E-state index contributed by atoms with van der Waals surface area (Å²) in [6.45, 7) is -1.11. The van der Waals surface area contributed by atoms with E-state index < -0.39 is 48.2 Å². The molecule has 2 aromatic rings. The average molecular weight is 489 g/mol. The minimum atomic E-state index is -6.09. The van der Waals surface area contributed by atoms with Crippen LogP contribution in [0.2, 0.25) is 0 Å². The number of nitrogens with zero attached hydrogens (tertiary/aromatic N) is 3. The molecule has 3 rings (SSSR count). The van der Waals surface area contributed by atoms with Crippen LogP contribution < -0.4 is 30.9 Å². The van der Waals surface area contributed by atoms with Crippen molar-refractivity contribution in [3.05, 3.63) is 16.7 Å². The van der Waals surface area contributed by atoms with Gasteiger partial charge >= 0.3 is 0 Å². The van der Waals surface area contributed by atoms with Crippen molar-refractivity contribution in [2.75, 3.05) is 18.9 Å². The van der Waals surface area contributed by atoms with Gasteiger partial charge in [0.05, 0.1) is 20.8 Å². The summed E-state index contributed by atoms with van der Waals surface area (Å²) in [5.74, 6) is -0.192. The molecule has 21 heteroatoms. The van der Waals surface area contributed by atoms with Crippen LogP contribution in [0.1, 0.15) is 6.23 Å². The van der Waals surface area contributed by atoms with E-state index in [-0.39, 0.29) is 23.7 Å². The lowest BCUT2D eigenvalue weighted by Crippen LogP contribution is -2.22. The van der Waals surface area contributed by atoms with Crippen molar-refractivity contribution in [3.63, 3.8) is 0 Å². The number of ether oxygens (including phenoxy) is 2. The van der Waals surface area contributed by atoms with E-state index in [4.69, 9.17) is 15.2 Å². The number of nitrogen functional groups attached to an aromatic ring is 1. The number of phosphoric ester groups is 1. The molecule has 3 heterocycles. The van der Waals surface area contributed by atoms with Gasteiger partial charge in [-0.3, -0.25) is 27.8 Å². The van der Waals surface area contributed by atoms with Gasteiger partial charge in [0.15, 0.2) is 23.7 Å². The summed E-state index contributed by atoms with van der Waals surface area (Å²) in [6, 6.07) is 0. The Balaban J connectivity index is 1.62. The smallest absolute Gasteiger partial charge is 0.280 e. The molecular formula is C9H10N5O13P3-4. The average Bonchev–Trinajstić information content (AvgIpc) is 3.15. The number of hydrogen-bond donors (Lipinski definition) is 2. The van der Waals surface area contributed by atoms with Crippen LogP contribution >= 0.6 is 23.5 Å². The van der Waals surface area contributed by atoms with Gasteiger partial charge < -0.3 is 43.9 Å². The molecular weight excluding hydrogens is 479 g/mol. The minimum absolute atomic E-state index is 0.0494. The monoisotopic (exact) mass is 489 g/mol. The maximum atomic E-state index is 11.8. The Morgan fingerprint density at radius 3 is 2.60 bits per heavy atom. The molecule has 1 aliphatic heterocycles. The normalized spacial score (nSPS) is 24.0. The first kappa shape index (κ1) is 23.1. The Labute approximate surface area is 165 Å². The second-order valence-corrected chi connectivity index (χ2v) is 9.68. The summed E-state index contributed by atoms with van der Waals surface area (Å²) in [7, 11) is -17.8. The minimum Gasteiger partial charge on any atom is -0.790 e. The van der Waals surface area contributed by atoms with Crippen molar-refractivity contribution >= 4 is 40.6 Å². The van der Waals surface area contributed by atoms with Gasteiger partial charge in [-0.05, 0) is 0 Å². The van der Waals surface area contributed by atoms with E-state index in [9.17, 15) is 38.1 Å². The molecule has 0 amide bonds. The standard InChI is InChI=1S/C9H14N5O13P3/c10-9-12-7-6(8(15)13-9)11-3-14(7)4-1-23-5(25-4)2-24-29(19,20)27-30(21,22)26-28(16,17)18/h3-5H,1-2H2,(H,19,20)(H,21,22)(H2,16,17,18)(H3,10,12,13,15)/p-4/t4-,5-/m1/s1. The third kappa shape index (κ3) is 5.79. The fourth-order valence-corrected chi connectivity index (χ4v) is 5.11. The van der Waals surface area contributed by atoms with E-state index in [1.807, 2.05) is 0 Å². The van der Waals surface area contributed by atoms with Crippen LogP contribution in [0, 0.1) is 0 Å². The number of aromatic nitrogens is 4. The molecule has 168 valence electrons. The Bertz CT molecular complexity index is 1140. The third-order valence-electron chi connectivity index (χ3n) is 3.26. The number of H-pyrrole nitrogens is 1. The van der Waals surface area contributed by atoms with Crippen molar-refractivity contribution in [2.45, 2.75) is 12.5 Å². The van der Waals surface area contributed by atoms with Crippen molar-refractivity contribution in [2.24, 2.45) is 0 Å². The van der Waals surface area contributed by atoms with Crippen molar-refractivity contribution in [1.29, 1.82) is 0 Å². The molecule has 0 radical (unpaired) electrons. The Hall–Kier alpha value is -1.52. The lowest BCUT2D eigenvalue weighted by Gasteiger charge is -2.37. The zero-order valence-corrected chi connectivity index (χ0v) is 16.9. The molecule has 0 bridgehead atoms. The van der Waals surface area contributed by atoms with Gasteiger partial charge in [-0.25, -0.2) is 9.29 Å². The van der Waals surface area contributed by atoms with Gasteiger partial charge in [-0.1, -0.05) is 0 Å². The lowest BCUT2D eigenvalue weighted by atomic mass is 10.5. The van der Waals surface area contributed by atoms with Gasteiger partial charge in [0, 0.05) is 0 Å².